The smallest absolute Gasteiger partial charge is 0.345 e. The van der Waals surface area contributed by atoms with Gasteiger partial charge in [0, 0.05) is 13.1 Å². The minimum atomic E-state index is -0.403. The van der Waals surface area contributed by atoms with Crippen LogP contribution in [0.1, 0.15) is 17.3 Å². The van der Waals surface area contributed by atoms with Crippen LogP contribution in [-0.2, 0) is 9.47 Å². The lowest BCUT2D eigenvalue weighted by Gasteiger charge is -2.27. The molecule has 2 heterocycles. The van der Waals surface area contributed by atoms with Gasteiger partial charge in [0.2, 0.25) is 0 Å². The van der Waals surface area contributed by atoms with Crippen LogP contribution in [0.3, 0.4) is 0 Å². The minimum absolute atomic E-state index is 0.245. The number of carbonyl (C=O) groups is 1. The lowest BCUT2D eigenvalue weighted by Crippen LogP contribution is -2.36. The highest BCUT2D eigenvalue weighted by atomic mass is 32.1. The third-order valence-electron chi connectivity index (χ3n) is 2.48. The summed E-state index contributed by atoms with van der Waals surface area (Å²) < 4.78 is 14.3. The van der Waals surface area contributed by atoms with E-state index in [0.29, 0.717) is 25.4 Å². The topological polar surface area (TPSA) is 77.7 Å². The van der Waals surface area contributed by atoms with Crippen LogP contribution in [0, 0.1) is 0 Å². The molecule has 2 N–H and O–H groups in total. The maximum absolute atomic E-state index is 11.8. The number of esters is 1. The van der Waals surface area contributed by atoms with Gasteiger partial charge in [-0.3, -0.25) is 0 Å². The first-order valence-electron chi connectivity index (χ1n) is 5.49. The zero-order valence-corrected chi connectivity index (χ0v) is 10.5. The molecule has 0 spiro atoms. The molecule has 6 nitrogen and oxygen atoms in total. The lowest BCUT2D eigenvalue weighted by atomic mass is 10.3. The number of nitrogen functional groups attached to an aromatic ring is 1. The van der Waals surface area contributed by atoms with Crippen molar-refractivity contribution < 1.29 is 14.3 Å². The fourth-order valence-corrected chi connectivity index (χ4v) is 2.52. The highest BCUT2D eigenvalue weighted by Gasteiger charge is 2.25. The van der Waals surface area contributed by atoms with E-state index in [1.54, 1.807) is 6.92 Å². The van der Waals surface area contributed by atoms with Crippen LogP contribution in [0.4, 0.5) is 10.8 Å². The van der Waals surface area contributed by atoms with Gasteiger partial charge in [-0.2, -0.15) is 4.37 Å². The highest BCUT2D eigenvalue weighted by Crippen LogP contribution is 2.31. The molecule has 7 heteroatoms. The van der Waals surface area contributed by atoms with Crippen molar-refractivity contribution in [1.82, 2.24) is 4.37 Å². The first kappa shape index (κ1) is 12.1. The number of aromatic nitrogens is 1. The molecule has 0 saturated carbocycles. The molecular weight excluding hydrogens is 242 g/mol. The van der Waals surface area contributed by atoms with Crippen molar-refractivity contribution >= 4 is 28.3 Å². The van der Waals surface area contributed by atoms with Crippen molar-refractivity contribution in [3.8, 4) is 0 Å². The number of hydrogen-bond donors (Lipinski definition) is 1. The van der Waals surface area contributed by atoms with Crippen LogP contribution in [0.2, 0.25) is 0 Å². The van der Waals surface area contributed by atoms with Crippen LogP contribution in [0.15, 0.2) is 0 Å². The van der Waals surface area contributed by atoms with E-state index in [4.69, 9.17) is 15.2 Å². The van der Waals surface area contributed by atoms with Crippen molar-refractivity contribution in [3.63, 3.8) is 0 Å². The molecule has 0 aromatic carbocycles. The van der Waals surface area contributed by atoms with Crippen LogP contribution >= 0.6 is 11.5 Å². The summed E-state index contributed by atoms with van der Waals surface area (Å²) in [6, 6.07) is 0. The van der Waals surface area contributed by atoms with E-state index >= 15 is 0 Å². The fraction of sp³-hybridized carbons (Fsp3) is 0.600. The predicted octanol–water partition coefficient (Wildman–Crippen LogP) is 0.739. The maximum atomic E-state index is 11.8. The minimum Gasteiger partial charge on any atom is -0.462 e. The average molecular weight is 257 g/mol. The van der Waals surface area contributed by atoms with Crippen molar-refractivity contribution in [3.05, 3.63) is 5.56 Å². The van der Waals surface area contributed by atoms with Crippen molar-refractivity contribution in [2.45, 2.75) is 6.92 Å². The average Bonchev–Trinajstić information content (AvgIpc) is 2.73. The molecule has 0 unspecified atom stereocenters. The van der Waals surface area contributed by atoms with Crippen molar-refractivity contribution in [2.24, 2.45) is 0 Å². The number of morpholine rings is 1. The fourth-order valence-electron chi connectivity index (χ4n) is 1.67. The van der Waals surface area contributed by atoms with Crippen LogP contribution < -0.4 is 10.6 Å². The molecule has 1 aliphatic rings. The Bertz CT molecular complexity index is 402. The van der Waals surface area contributed by atoms with Gasteiger partial charge >= 0.3 is 5.97 Å². The number of carbonyl (C=O) groups excluding carboxylic acids is 1. The van der Waals surface area contributed by atoms with Gasteiger partial charge in [-0.05, 0) is 18.5 Å². The Morgan fingerprint density at radius 2 is 2.29 bits per heavy atom. The number of ether oxygens (including phenoxy) is 2. The molecule has 1 aromatic rings. The monoisotopic (exact) mass is 257 g/mol. The zero-order valence-electron chi connectivity index (χ0n) is 9.64. The quantitative estimate of drug-likeness (QED) is 0.805. The molecule has 0 aliphatic carbocycles. The molecule has 1 aromatic heterocycles. The van der Waals surface area contributed by atoms with E-state index in [1.807, 2.05) is 0 Å². The summed E-state index contributed by atoms with van der Waals surface area (Å²) in [5, 5.41) is 0.782. The van der Waals surface area contributed by atoms with Crippen LogP contribution in [-0.4, -0.2) is 43.3 Å². The molecule has 1 aliphatic heterocycles. The summed E-state index contributed by atoms with van der Waals surface area (Å²) in [5.41, 5.74) is 6.11. The molecule has 0 amide bonds. The second-order valence-electron chi connectivity index (χ2n) is 3.57. The second kappa shape index (κ2) is 5.33. The third kappa shape index (κ3) is 2.50. The Labute approximate surface area is 103 Å². The Hall–Kier alpha value is -1.34. The van der Waals surface area contributed by atoms with Crippen LogP contribution in [0.25, 0.3) is 0 Å². The predicted molar refractivity (Wildman–Crippen MR) is 65.5 cm³/mol. The Morgan fingerprint density at radius 3 is 2.94 bits per heavy atom. The van der Waals surface area contributed by atoms with E-state index in [1.165, 1.54) is 11.5 Å². The van der Waals surface area contributed by atoms with Gasteiger partial charge in [0.25, 0.3) is 0 Å². The lowest BCUT2D eigenvalue weighted by molar-refractivity contribution is 0.0528. The molecule has 0 bridgehead atoms. The zero-order chi connectivity index (χ0) is 12.3. The van der Waals surface area contributed by atoms with E-state index in [0.717, 1.165) is 18.1 Å². The van der Waals surface area contributed by atoms with Crippen molar-refractivity contribution in [2.75, 3.05) is 43.5 Å². The molecule has 2 rings (SSSR count). The Morgan fingerprint density at radius 1 is 1.59 bits per heavy atom. The number of nitrogens with two attached hydrogens (primary N) is 1. The molecule has 0 radical (unpaired) electrons. The highest BCUT2D eigenvalue weighted by molar-refractivity contribution is 7.11. The summed E-state index contributed by atoms with van der Waals surface area (Å²) in [4.78, 5) is 13.9. The van der Waals surface area contributed by atoms with Gasteiger partial charge in [-0.1, -0.05) is 0 Å². The van der Waals surface area contributed by atoms with E-state index in [9.17, 15) is 4.79 Å². The molecule has 17 heavy (non-hydrogen) atoms. The first-order valence-corrected chi connectivity index (χ1v) is 6.26. The molecule has 94 valence electrons. The first-order chi connectivity index (χ1) is 8.24. The summed E-state index contributed by atoms with van der Waals surface area (Å²) in [6.07, 6.45) is 0. The third-order valence-corrected chi connectivity index (χ3v) is 3.40. The number of rotatable bonds is 3. The Kier molecular flexibility index (Phi) is 3.80. The number of anilines is 2. The largest absolute Gasteiger partial charge is 0.462 e. The SMILES string of the molecule is CCOC(=O)c1c(N)nsc1N1CCOCC1. The van der Waals surface area contributed by atoms with Gasteiger partial charge in [0.1, 0.15) is 10.6 Å². The van der Waals surface area contributed by atoms with Crippen molar-refractivity contribution in [1.29, 1.82) is 0 Å². The number of hydrogen-bond acceptors (Lipinski definition) is 7. The van der Waals surface area contributed by atoms with E-state index in [2.05, 4.69) is 9.27 Å². The molecule has 1 saturated heterocycles. The molecular formula is C10H15N3O3S. The molecule has 0 atom stereocenters. The molecule has 1 fully saturated rings. The van der Waals surface area contributed by atoms with Gasteiger partial charge in [0.05, 0.1) is 19.8 Å². The maximum Gasteiger partial charge on any atom is 0.345 e. The second-order valence-corrected chi connectivity index (χ2v) is 4.32. The summed E-state index contributed by atoms with van der Waals surface area (Å²) in [6.45, 7) is 4.89. The van der Waals surface area contributed by atoms with E-state index < -0.39 is 5.97 Å². The van der Waals surface area contributed by atoms with Gasteiger partial charge in [-0.15, -0.1) is 0 Å². The summed E-state index contributed by atoms with van der Waals surface area (Å²) in [5.74, 6) is -0.157. The summed E-state index contributed by atoms with van der Waals surface area (Å²) in [7, 11) is 0. The van der Waals surface area contributed by atoms with Crippen LogP contribution in [0.5, 0.6) is 0 Å². The van der Waals surface area contributed by atoms with E-state index in [-0.39, 0.29) is 5.82 Å². The normalized spacial score (nSPS) is 15.9. The standard InChI is InChI=1S/C10H15N3O3S/c1-2-16-10(14)7-8(11)12-17-9(7)13-3-5-15-6-4-13/h2-6H2,1H3,(H2,11,12). The van der Waals surface area contributed by atoms with Gasteiger partial charge in [0.15, 0.2) is 5.82 Å². The number of nitrogens with zero attached hydrogens (tertiary/aromatic N) is 2. The van der Waals surface area contributed by atoms with Gasteiger partial charge in [-0.25, -0.2) is 4.79 Å². The Balaban J connectivity index is 2.24. The summed E-state index contributed by atoms with van der Waals surface area (Å²) >= 11 is 1.23. The van der Waals surface area contributed by atoms with Gasteiger partial charge < -0.3 is 20.1 Å².